The average molecular weight is 369 g/mol. The maximum absolute atomic E-state index is 12.7. The first-order valence-corrected chi connectivity index (χ1v) is 9.16. The zero-order chi connectivity index (χ0) is 19.0. The van der Waals surface area contributed by atoms with Crippen LogP contribution in [0, 0.1) is 13.8 Å². The molecule has 8 nitrogen and oxygen atoms in total. The number of nitrogens with zero attached hydrogens (tertiary/aromatic N) is 5. The second-order valence-corrected chi connectivity index (χ2v) is 6.90. The summed E-state index contributed by atoms with van der Waals surface area (Å²) < 4.78 is 8.52. The first kappa shape index (κ1) is 17.5. The van der Waals surface area contributed by atoms with Crippen LogP contribution in [-0.4, -0.2) is 62.6 Å². The van der Waals surface area contributed by atoms with E-state index < -0.39 is 0 Å². The molecule has 0 aliphatic carbocycles. The summed E-state index contributed by atoms with van der Waals surface area (Å²) in [6, 6.07) is 7.31. The normalized spacial score (nSPS) is 15.6. The van der Waals surface area contributed by atoms with Gasteiger partial charge in [-0.15, -0.1) is 5.10 Å². The molecule has 8 heteroatoms. The van der Waals surface area contributed by atoms with Crippen molar-refractivity contribution in [2.45, 2.75) is 20.4 Å². The first-order valence-electron chi connectivity index (χ1n) is 9.16. The maximum atomic E-state index is 12.7. The van der Waals surface area contributed by atoms with Crippen LogP contribution < -0.4 is 5.69 Å². The number of amides is 1. The molecule has 1 fully saturated rings. The Morgan fingerprint density at radius 2 is 1.93 bits per heavy atom. The number of furan rings is 1. The predicted octanol–water partition coefficient (Wildman–Crippen LogP) is 1.16. The number of aromatic nitrogens is 3. The fraction of sp³-hybridized carbons (Fsp3) is 0.421. The van der Waals surface area contributed by atoms with Crippen molar-refractivity contribution in [1.29, 1.82) is 0 Å². The van der Waals surface area contributed by atoms with Gasteiger partial charge in [0, 0.05) is 38.9 Å². The zero-order valence-corrected chi connectivity index (χ0v) is 15.6. The maximum Gasteiger partial charge on any atom is 0.350 e. The lowest BCUT2D eigenvalue weighted by Crippen LogP contribution is -2.49. The first-order chi connectivity index (χ1) is 13.0. The van der Waals surface area contributed by atoms with E-state index in [1.54, 1.807) is 16.7 Å². The van der Waals surface area contributed by atoms with Gasteiger partial charge in [0.15, 0.2) is 5.65 Å². The molecule has 27 heavy (non-hydrogen) atoms. The van der Waals surface area contributed by atoms with Crippen molar-refractivity contribution in [3.05, 3.63) is 58.0 Å². The molecule has 142 valence electrons. The minimum absolute atomic E-state index is 0.0283. The molecule has 1 aliphatic heterocycles. The number of piperazine rings is 1. The Labute approximate surface area is 156 Å². The van der Waals surface area contributed by atoms with E-state index >= 15 is 0 Å². The molecule has 0 aromatic carbocycles. The van der Waals surface area contributed by atoms with E-state index in [0.29, 0.717) is 36.6 Å². The monoisotopic (exact) mass is 369 g/mol. The number of hydrogen-bond donors (Lipinski definition) is 0. The summed E-state index contributed by atoms with van der Waals surface area (Å²) in [5.74, 6) is 1.46. The van der Waals surface area contributed by atoms with Crippen molar-refractivity contribution in [3.63, 3.8) is 0 Å². The molecule has 3 aromatic heterocycles. The number of rotatable bonds is 4. The third-order valence-corrected chi connectivity index (χ3v) is 5.05. The van der Waals surface area contributed by atoms with Crippen molar-refractivity contribution in [2.75, 3.05) is 32.7 Å². The van der Waals surface area contributed by atoms with E-state index in [4.69, 9.17) is 4.42 Å². The third-order valence-electron chi connectivity index (χ3n) is 5.05. The summed E-state index contributed by atoms with van der Waals surface area (Å²) in [7, 11) is 0. The van der Waals surface area contributed by atoms with Crippen LogP contribution in [0.4, 0.5) is 0 Å². The van der Waals surface area contributed by atoms with Crippen LogP contribution in [0.25, 0.3) is 5.65 Å². The number of fused-ring (bicyclic) bond motifs is 1. The number of carbonyl (C=O) groups excluding carboxylic acids is 1. The van der Waals surface area contributed by atoms with Gasteiger partial charge >= 0.3 is 5.69 Å². The van der Waals surface area contributed by atoms with Crippen molar-refractivity contribution in [2.24, 2.45) is 0 Å². The Hall–Kier alpha value is -2.87. The van der Waals surface area contributed by atoms with Gasteiger partial charge < -0.3 is 9.32 Å². The Bertz CT molecular complexity index is 1020. The molecule has 4 heterocycles. The van der Waals surface area contributed by atoms with E-state index in [-0.39, 0.29) is 11.6 Å². The number of aryl methyl sites for hydroxylation is 2. The Balaban J connectivity index is 1.34. The highest BCUT2D eigenvalue weighted by Gasteiger charge is 2.24. The standard InChI is InChI=1S/C19H23N5O3/c1-14-13-16(15(2)27-14)18(25)22-10-7-21(8-11-22)9-12-24-19(26)23-6-4-3-5-17(23)20-24/h3-6,13H,7-12H2,1-2H3. The van der Waals surface area contributed by atoms with E-state index in [1.165, 1.54) is 4.68 Å². The average Bonchev–Trinajstić information content (AvgIpc) is 3.19. The van der Waals surface area contributed by atoms with Crippen molar-refractivity contribution < 1.29 is 9.21 Å². The van der Waals surface area contributed by atoms with Gasteiger partial charge in [-0.1, -0.05) is 6.07 Å². The van der Waals surface area contributed by atoms with Crippen LogP contribution in [0.2, 0.25) is 0 Å². The van der Waals surface area contributed by atoms with Crippen molar-refractivity contribution in [3.8, 4) is 0 Å². The molecule has 0 unspecified atom stereocenters. The Morgan fingerprint density at radius 1 is 1.15 bits per heavy atom. The van der Waals surface area contributed by atoms with Crippen LogP contribution in [0.5, 0.6) is 0 Å². The molecular formula is C19H23N5O3. The summed E-state index contributed by atoms with van der Waals surface area (Å²) >= 11 is 0. The number of hydrogen-bond acceptors (Lipinski definition) is 5. The van der Waals surface area contributed by atoms with Gasteiger partial charge in [0.25, 0.3) is 5.91 Å². The SMILES string of the molecule is Cc1cc(C(=O)N2CCN(CCn3nc4ccccn4c3=O)CC2)c(C)o1. The highest BCUT2D eigenvalue weighted by Crippen LogP contribution is 2.17. The van der Waals surface area contributed by atoms with Gasteiger partial charge in [-0.3, -0.25) is 14.1 Å². The lowest BCUT2D eigenvalue weighted by molar-refractivity contribution is 0.0630. The second-order valence-electron chi connectivity index (χ2n) is 6.90. The fourth-order valence-electron chi connectivity index (χ4n) is 3.54. The van der Waals surface area contributed by atoms with E-state index in [9.17, 15) is 9.59 Å². The molecule has 0 spiro atoms. The molecule has 3 aromatic rings. The molecule has 1 aliphatic rings. The molecule has 1 saturated heterocycles. The topological polar surface area (TPSA) is 76.0 Å². The summed E-state index contributed by atoms with van der Waals surface area (Å²) in [6.07, 6.45) is 1.73. The number of pyridine rings is 1. The third kappa shape index (κ3) is 3.40. The van der Waals surface area contributed by atoms with E-state index in [1.807, 2.05) is 36.9 Å². The van der Waals surface area contributed by atoms with Gasteiger partial charge in [-0.05, 0) is 32.0 Å². The lowest BCUT2D eigenvalue weighted by Gasteiger charge is -2.34. The van der Waals surface area contributed by atoms with Crippen LogP contribution in [-0.2, 0) is 6.54 Å². The molecule has 0 bridgehead atoms. The Kier molecular flexibility index (Phi) is 4.57. The molecule has 1 amide bonds. The largest absolute Gasteiger partial charge is 0.466 e. The lowest BCUT2D eigenvalue weighted by atomic mass is 10.2. The zero-order valence-electron chi connectivity index (χ0n) is 15.6. The highest BCUT2D eigenvalue weighted by atomic mass is 16.3. The molecular weight excluding hydrogens is 346 g/mol. The highest BCUT2D eigenvalue weighted by molar-refractivity contribution is 5.95. The smallest absolute Gasteiger partial charge is 0.350 e. The summed E-state index contributed by atoms with van der Waals surface area (Å²) in [5, 5.41) is 4.36. The summed E-state index contributed by atoms with van der Waals surface area (Å²) in [4.78, 5) is 29.1. The van der Waals surface area contributed by atoms with Crippen LogP contribution in [0.1, 0.15) is 21.9 Å². The van der Waals surface area contributed by atoms with Crippen LogP contribution in [0.15, 0.2) is 39.7 Å². The molecule has 0 N–H and O–H groups in total. The second kappa shape index (κ2) is 7.03. The van der Waals surface area contributed by atoms with Gasteiger partial charge in [0.05, 0.1) is 12.1 Å². The van der Waals surface area contributed by atoms with Gasteiger partial charge in [-0.25, -0.2) is 9.48 Å². The predicted molar refractivity (Wildman–Crippen MR) is 100.0 cm³/mol. The van der Waals surface area contributed by atoms with Gasteiger partial charge in [0.2, 0.25) is 0 Å². The van der Waals surface area contributed by atoms with Crippen molar-refractivity contribution in [1.82, 2.24) is 24.0 Å². The molecule has 4 rings (SSSR count). The van der Waals surface area contributed by atoms with Crippen molar-refractivity contribution >= 4 is 11.6 Å². The van der Waals surface area contributed by atoms with E-state index in [0.717, 1.165) is 25.4 Å². The van der Waals surface area contributed by atoms with Gasteiger partial charge in [-0.2, -0.15) is 0 Å². The molecule has 0 saturated carbocycles. The van der Waals surface area contributed by atoms with E-state index in [2.05, 4.69) is 10.00 Å². The van der Waals surface area contributed by atoms with Crippen LogP contribution in [0.3, 0.4) is 0 Å². The number of carbonyl (C=O) groups is 1. The summed E-state index contributed by atoms with van der Waals surface area (Å²) in [6.45, 7) is 7.84. The fourth-order valence-corrected chi connectivity index (χ4v) is 3.54. The molecule has 0 radical (unpaired) electrons. The molecule has 0 atom stereocenters. The Morgan fingerprint density at radius 3 is 2.59 bits per heavy atom. The minimum Gasteiger partial charge on any atom is -0.466 e. The quantitative estimate of drug-likeness (QED) is 0.690. The van der Waals surface area contributed by atoms with Gasteiger partial charge in [0.1, 0.15) is 11.5 Å². The van der Waals surface area contributed by atoms with Crippen LogP contribution >= 0.6 is 0 Å². The summed E-state index contributed by atoms with van der Waals surface area (Å²) in [5.41, 5.74) is 1.19. The minimum atomic E-state index is -0.120.